The molecule has 0 aliphatic heterocycles. The lowest BCUT2D eigenvalue weighted by molar-refractivity contribution is 0.317. The maximum atomic E-state index is 6.11. The Balaban J connectivity index is 2.22. The Morgan fingerprint density at radius 2 is 1.76 bits per heavy atom. The van der Waals surface area contributed by atoms with E-state index in [-0.39, 0.29) is 6.04 Å². The Kier molecular flexibility index (Phi) is 5.66. The van der Waals surface area contributed by atoms with Gasteiger partial charge in [0.15, 0.2) is 0 Å². The van der Waals surface area contributed by atoms with Crippen molar-refractivity contribution in [2.24, 2.45) is 0 Å². The number of aryl methyl sites for hydroxylation is 1. The standard InChI is InChI=1S/C18H22ClNO/c1-4-11-21-16-8-5-14(6-9-16)18(20-3)15-7-10-17(19)13(2)12-15/h5-10,12,18,20H,4,11H2,1-3H3. The van der Waals surface area contributed by atoms with Crippen LogP contribution in [0.15, 0.2) is 42.5 Å². The molecule has 0 heterocycles. The molecule has 0 fully saturated rings. The van der Waals surface area contributed by atoms with Gasteiger partial charge in [-0.2, -0.15) is 0 Å². The van der Waals surface area contributed by atoms with Crippen LogP contribution >= 0.6 is 11.6 Å². The molecule has 0 saturated carbocycles. The number of benzene rings is 2. The molecule has 0 bridgehead atoms. The molecule has 0 radical (unpaired) electrons. The molecule has 0 spiro atoms. The number of hydrogen-bond acceptors (Lipinski definition) is 2. The number of halogens is 1. The predicted octanol–water partition coefficient (Wildman–Crippen LogP) is 4.75. The summed E-state index contributed by atoms with van der Waals surface area (Å²) < 4.78 is 5.63. The van der Waals surface area contributed by atoms with Crippen LogP contribution in [0.1, 0.15) is 36.1 Å². The molecular weight excluding hydrogens is 282 g/mol. The molecule has 2 nitrogen and oxygen atoms in total. The molecule has 112 valence electrons. The maximum Gasteiger partial charge on any atom is 0.119 e. The van der Waals surface area contributed by atoms with Gasteiger partial charge in [0, 0.05) is 5.02 Å². The molecule has 0 aromatic heterocycles. The minimum absolute atomic E-state index is 0.154. The van der Waals surface area contributed by atoms with Gasteiger partial charge in [-0.3, -0.25) is 0 Å². The van der Waals surface area contributed by atoms with E-state index in [9.17, 15) is 0 Å². The Bertz CT molecular complexity index is 580. The van der Waals surface area contributed by atoms with Crippen LogP contribution in [0.5, 0.6) is 5.75 Å². The molecule has 2 aromatic carbocycles. The molecule has 0 aliphatic carbocycles. The first kappa shape index (κ1) is 15.9. The van der Waals surface area contributed by atoms with E-state index in [1.807, 2.05) is 32.2 Å². The van der Waals surface area contributed by atoms with Crippen molar-refractivity contribution in [2.75, 3.05) is 13.7 Å². The van der Waals surface area contributed by atoms with Crippen molar-refractivity contribution in [3.63, 3.8) is 0 Å². The molecule has 1 N–H and O–H groups in total. The van der Waals surface area contributed by atoms with Gasteiger partial charge in [-0.1, -0.05) is 42.8 Å². The van der Waals surface area contributed by atoms with E-state index < -0.39 is 0 Å². The first-order chi connectivity index (χ1) is 10.2. The van der Waals surface area contributed by atoms with Gasteiger partial charge >= 0.3 is 0 Å². The number of hydrogen-bond donors (Lipinski definition) is 1. The van der Waals surface area contributed by atoms with Crippen molar-refractivity contribution in [1.29, 1.82) is 0 Å². The highest BCUT2D eigenvalue weighted by atomic mass is 35.5. The molecule has 0 aliphatic rings. The van der Waals surface area contributed by atoms with Crippen molar-refractivity contribution >= 4 is 11.6 Å². The lowest BCUT2D eigenvalue weighted by Gasteiger charge is -2.18. The third-order valence-corrected chi connectivity index (χ3v) is 3.91. The summed E-state index contributed by atoms with van der Waals surface area (Å²) in [6, 6.07) is 14.6. The van der Waals surface area contributed by atoms with Crippen LogP contribution in [0.4, 0.5) is 0 Å². The van der Waals surface area contributed by atoms with Crippen LogP contribution in [-0.4, -0.2) is 13.7 Å². The molecule has 1 atom stereocenters. The van der Waals surface area contributed by atoms with E-state index in [0.29, 0.717) is 0 Å². The summed E-state index contributed by atoms with van der Waals surface area (Å²) in [5.74, 6) is 0.919. The van der Waals surface area contributed by atoms with E-state index in [2.05, 4.69) is 36.5 Å². The zero-order chi connectivity index (χ0) is 15.2. The number of ether oxygens (including phenoxy) is 1. The molecule has 2 rings (SSSR count). The lowest BCUT2D eigenvalue weighted by atomic mass is 9.97. The summed E-state index contributed by atoms with van der Waals surface area (Å²) in [6.07, 6.45) is 1.02. The fourth-order valence-corrected chi connectivity index (χ4v) is 2.47. The van der Waals surface area contributed by atoms with Gasteiger partial charge in [-0.15, -0.1) is 0 Å². The third kappa shape index (κ3) is 3.99. The van der Waals surface area contributed by atoms with Gasteiger partial charge < -0.3 is 10.1 Å². The van der Waals surface area contributed by atoms with Crippen molar-refractivity contribution in [1.82, 2.24) is 5.32 Å². The normalized spacial score (nSPS) is 12.2. The van der Waals surface area contributed by atoms with E-state index in [0.717, 1.165) is 29.4 Å². The highest BCUT2D eigenvalue weighted by Gasteiger charge is 2.12. The van der Waals surface area contributed by atoms with Crippen LogP contribution in [0.3, 0.4) is 0 Å². The van der Waals surface area contributed by atoms with Crippen molar-refractivity contribution < 1.29 is 4.74 Å². The average Bonchev–Trinajstić information content (AvgIpc) is 2.50. The molecule has 1 unspecified atom stereocenters. The monoisotopic (exact) mass is 303 g/mol. The second-order valence-corrected chi connectivity index (χ2v) is 5.56. The predicted molar refractivity (Wildman–Crippen MR) is 89.3 cm³/mol. The quantitative estimate of drug-likeness (QED) is 0.832. The molecule has 0 amide bonds. The highest BCUT2D eigenvalue weighted by Crippen LogP contribution is 2.26. The Morgan fingerprint density at radius 3 is 2.33 bits per heavy atom. The van der Waals surface area contributed by atoms with Crippen LogP contribution in [0.2, 0.25) is 5.02 Å². The maximum absolute atomic E-state index is 6.11. The Hall–Kier alpha value is -1.51. The third-order valence-electron chi connectivity index (χ3n) is 3.49. The topological polar surface area (TPSA) is 21.3 Å². The van der Waals surface area contributed by atoms with Gasteiger partial charge in [-0.25, -0.2) is 0 Å². The molecule has 3 heteroatoms. The second kappa shape index (κ2) is 7.48. The average molecular weight is 304 g/mol. The van der Waals surface area contributed by atoms with Crippen LogP contribution in [0, 0.1) is 6.92 Å². The zero-order valence-electron chi connectivity index (χ0n) is 12.8. The zero-order valence-corrected chi connectivity index (χ0v) is 13.6. The van der Waals surface area contributed by atoms with Gasteiger partial charge in [-0.05, 0) is 55.3 Å². The summed E-state index contributed by atoms with van der Waals surface area (Å²) >= 11 is 6.11. The first-order valence-corrected chi connectivity index (χ1v) is 7.69. The SMILES string of the molecule is CCCOc1ccc(C(NC)c2ccc(Cl)c(C)c2)cc1. The van der Waals surface area contributed by atoms with Crippen LogP contribution < -0.4 is 10.1 Å². The van der Waals surface area contributed by atoms with E-state index >= 15 is 0 Å². The van der Waals surface area contributed by atoms with Gasteiger partial charge in [0.05, 0.1) is 12.6 Å². The van der Waals surface area contributed by atoms with Crippen LogP contribution in [0.25, 0.3) is 0 Å². The molecule has 21 heavy (non-hydrogen) atoms. The van der Waals surface area contributed by atoms with Crippen molar-refractivity contribution in [3.8, 4) is 5.75 Å². The molecular formula is C18H22ClNO. The summed E-state index contributed by atoms with van der Waals surface area (Å²) in [5.41, 5.74) is 3.52. The van der Waals surface area contributed by atoms with Gasteiger partial charge in [0.2, 0.25) is 0 Å². The molecule has 2 aromatic rings. The fourth-order valence-electron chi connectivity index (χ4n) is 2.35. The van der Waals surface area contributed by atoms with Gasteiger partial charge in [0.1, 0.15) is 5.75 Å². The number of nitrogens with one attached hydrogen (secondary N) is 1. The second-order valence-electron chi connectivity index (χ2n) is 5.15. The largest absolute Gasteiger partial charge is 0.494 e. The summed E-state index contributed by atoms with van der Waals surface area (Å²) in [6.45, 7) is 4.89. The fraction of sp³-hybridized carbons (Fsp3) is 0.333. The van der Waals surface area contributed by atoms with Crippen molar-refractivity contribution in [3.05, 3.63) is 64.2 Å². The summed E-state index contributed by atoms with van der Waals surface area (Å²) in [5, 5.41) is 4.16. The van der Waals surface area contributed by atoms with E-state index in [1.54, 1.807) is 0 Å². The Labute approximate surface area is 132 Å². The summed E-state index contributed by atoms with van der Waals surface area (Å²) in [7, 11) is 1.97. The number of rotatable bonds is 6. The minimum Gasteiger partial charge on any atom is -0.494 e. The summed E-state index contributed by atoms with van der Waals surface area (Å²) in [4.78, 5) is 0. The van der Waals surface area contributed by atoms with Crippen LogP contribution in [-0.2, 0) is 0 Å². The Morgan fingerprint density at radius 1 is 1.10 bits per heavy atom. The van der Waals surface area contributed by atoms with E-state index in [4.69, 9.17) is 16.3 Å². The smallest absolute Gasteiger partial charge is 0.119 e. The van der Waals surface area contributed by atoms with Crippen molar-refractivity contribution in [2.45, 2.75) is 26.3 Å². The first-order valence-electron chi connectivity index (χ1n) is 7.31. The van der Waals surface area contributed by atoms with Gasteiger partial charge in [0.25, 0.3) is 0 Å². The lowest BCUT2D eigenvalue weighted by Crippen LogP contribution is -2.17. The van der Waals surface area contributed by atoms with E-state index in [1.165, 1.54) is 11.1 Å². The highest BCUT2D eigenvalue weighted by molar-refractivity contribution is 6.31. The minimum atomic E-state index is 0.154. The molecule has 0 saturated heterocycles.